The molecule has 3 aliphatic rings. The quantitative estimate of drug-likeness (QED) is 0.576. The Balaban J connectivity index is 1.78. The van der Waals surface area contributed by atoms with Crippen LogP contribution >= 0.6 is 0 Å². The SMILES string of the molecule is CC1(C)C2C(=O)N(C3C=CC(C(=O)O)C3)C(=O)C21. The van der Waals surface area contributed by atoms with Crippen molar-refractivity contribution in [3.05, 3.63) is 12.2 Å². The highest BCUT2D eigenvalue weighted by atomic mass is 16.4. The average molecular weight is 249 g/mol. The molecule has 0 aromatic rings. The maximum Gasteiger partial charge on any atom is 0.310 e. The maximum atomic E-state index is 12.2. The molecule has 1 aliphatic heterocycles. The van der Waals surface area contributed by atoms with E-state index in [1.807, 2.05) is 13.8 Å². The van der Waals surface area contributed by atoms with Crippen LogP contribution in [0.15, 0.2) is 12.2 Å². The van der Waals surface area contributed by atoms with Gasteiger partial charge in [-0.15, -0.1) is 0 Å². The zero-order valence-corrected chi connectivity index (χ0v) is 10.3. The number of carbonyl (C=O) groups excluding carboxylic acids is 2. The van der Waals surface area contributed by atoms with Crippen molar-refractivity contribution in [3.8, 4) is 0 Å². The molecule has 4 unspecified atom stereocenters. The number of amides is 2. The summed E-state index contributed by atoms with van der Waals surface area (Å²) in [5.41, 5.74) is -0.209. The number of carboxylic acids is 1. The number of piperidine rings is 1. The fraction of sp³-hybridized carbons (Fsp3) is 0.615. The fourth-order valence-corrected chi connectivity index (χ4v) is 3.35. The highest BCUT2D eigenvalue weighted by Crippen LogP contribution is 2.63. The van der Waals surface area contributed by atoms with Crippen molar-refractivity contribution in [1.82, 2.24) is 4.90 Å². The minimum atomic E-state index is -0.904. The molecule has 5 nitrogen and oxygen atoms in total. The van der Waals surface area contributed by atoms with Gasteiger partial charge >= 0.3 is 5.97 Å². The van der Waals surface area contributed by atoms with Gasteiger partial charge in [0.1, 0.15) is 0 Å². The van der Waals surface area contributed by atoms with Crippen LogP contribution in [0.25, 0.3) is 0 Å². The van der Waals surface area contributed by atoms with E-state index in [1.54, 1.807) is 12.2 Å². The number of likely N-dealkylation sites (tertiary alicyclic amines) is 1. The number of rotatable bonds is 2. The standard InChI is InChI=1S/C13H15NO4/c1-13(2)8-9(13)11(16)14(10(8)15)7-4-3-6(5-7)12(17)18/h3-4,6-9H,5H2,1-2H3,(H,17,18). The van der Waals surface area contributed by atoms with Gasteiger partial charge in [-0.25, -0.2) is 0 Å². The molecular formula is C13H15NO4. The van der Waals surface area contributed by atoms with E-state index in [9.17, 15) is 14.4 Å². The molecule has 1 heterocycles. The number of hydrogen-bond donors (Lipinski definition) is 1. The van der Waals surface area contributed by atoms with E-state index >= 15 is 0 Å². The van der Waals surface area contributed by atoms with Gasteiger partial charge in [0.25, 0.3) is 0 Å². The van der Waals surface area contributed by atoms with Crippen LogP contribution in [0.3, 0.4) is 0 Å². The first-order valence-electron chi connectivity index (χ1n) is 6.13. The second-order valence-corrected chi connectivity index (χ2v) is 5.96. The number of carbonyl (C=O) groups is 3. The van der Waals surface area contributed by atoms with Crippen molar-refractivity contribution < 1.29 is 19.5 Å². The molecule has 2 amide bonds. The third-order valence-electron chi connectivity index (χ3n) is 4.54. The first kappa shape index (κ1) is 11.4. The van der Waals surface area contributed by atoms with Gasteiger partial charge in [-0.2, -0.15) is 0 Å². The summed E-state index contributed by atoms with van der Waals surface area (Å²) in [4.78, 5) is 36.5. The molecular weight excluding hydrogens is 234 g/mol. The van der Waals surface area contributed by atoms with Crippen molar-refractivity contribution in [2.75, 3.05) is 0 Å². The summed E-state index contributed by atoms with van der Waals surface area (Å²) >= 11 is 0. The average Bonchev–Trinajstić information content (AvgIpc) is 2.65. The molecule has 0 spiro atoms. The van der Waals surface area contributed by atoms with Crippen LogP contribution in [0.5, 0.6) is 0 Å². The second kappa shape index (κ2) is 3.22. The smallest absolute Gasteiger partial charge is 0.310 e. The molecule has 2 aliphatic carbocycles. The van der Waals surface area contributed by atoms with Crippen LogP contribution in [0.2, 0.25) is 0 Å². The van der Waals surface area contributed by atoms with Gasteiger partial charge in [0.2, 0.25) is 11.8 Å². The van der Waals surface area contributed by atoms with E-state index in [1.165, 1.54) is 4.90 Å². The number of aliphatic carboxylic acids is 1. The first-order chi connectivity index (χ1) is 8.35. The Labute approximate surface area is 104 Å². The second-order valence-electron chi connectivity index (χ2n) is 5.96. The molecule has 0 bridgehead atoms. The molecule has 0 aromatic carbocycles. The van der Waals surface area contributed by atoms with Gasteiger partial charge in [0, 0.05) is 0 Å². The van der Waals surface area contributed by atoms with E-state index in [-0.39, 0.29) is 35.1 Å². The van der Waals surface area contributed by atoms with Crippen molar-refractivity contribution in [3.63, 3.8) is 0 Å². The number of nitrogens with zero attached hydrogens (tertiary/aromatic N) is 1. The summed E-state index contributed by atoms with van der Waals surface area (Å²) in [6, 6.07) is -0.366. The van der Waals surface area contributed by atoms with Crippen molar-refractivity contribution in [2.24, 2.45) is 23.2 Å². The van der Waals surface area contributed by atoms with Crippen LogP contribution in [0, 0.1) is 23.2 Å². The summed E-state index contributed by atoms with van der Waals surface area (Å²) in [6.07, 6.45) is 3.56. The first-order valence-corrected chi connectivity index (χ1v) is 6.13. The Bertz CT molecular complexity index is 469. The largest absolute Gasteiger partial charge is 0.481 e. The Morgan fingerprint density at radius 2 is 1.83 bits per heavy atom. The van der Waals surface area contributed by atoms with E-state index in [0.29, 0.717) is 6.42 Å². The van der Waals surface area contributed by atoms with E-state index in [4.69, 9.17) is 5.11 Å². The highest BCUT2D eigenvalue weighted by Gasteiger charge is 2.73. The van der Waals surface area contributed by atoms with Crippen molar-refractivity contribution in [2.45, 2.75) is 26.3 Å². The number of imide groups is 1. The minimum absolute atomic E-state index is 0.129. The van der Waals surface area contributed by atoms with E-state index in [0.717, 1.165) is 0 Å². The van der Waals surface area contributed by atoms with Crippen LogP contribution < -0.4 is 0 Å². The Morgan fingerprint density at radius 3 is 2.28 bits per heavy atom. The molecule has 1 saturated carbocycles. The lowest BCUT2D eigenvalue weighted by molar-refractivity contribution is -0.147. The minimum Gasteiger partial charge on any atom is -0.481 e. The van der Waals surface area contributed by atoms with Gasteiger partial charge in [-0.1, -0.05) is 26.0 Å². The van der Waals surface area contributed by atoms with Crippen LogP contribution in [0.1, 0.15) is 20.3 Å². The van der Waals surface area contributed by atoms with Crippen LogP contribution in [0.4, 0.5) is 0 Å². The summed E-state index contributed by atoms with van der Waals surface area (Å²) in [6.45, 7) is 3.86. The third kappa shape index (κ3) is 1.24. The monoisotopic (exact) mass is 249 g/mol. The molecule has 2 fully saturated rings. The summed E-state index contributed by atoms with van der Waals surface area (Å²) in [5, 5.41) is 8.91. The topological polar surface area (TPSA) is 74.7 Å². The van der Waals surface area contributed by atoms with Gasteiger partial charge < -0.3 is 5.11 Å². The Kier molecular flexibility index (Phi) is 2.04. The Morgan fingerprint density at radius 1 is 1.28 bits per heavy atom. The molecule has 1 saturated heterocycles. The van der Waals surface area contributed by atoms with Crippen molar-refractivity contribution >= 4 is 17.8 Å². The summed E-state index contributed by atoms with van der Waals surface area (Å²) in [7, 11) is 0. The summed E-state index contributed by atoms with van der Waals surface area (Å²) < 4.78 is 0. The molecule has 0 radical (unpaired) electrons. The maximum absolute atomic E-state index is 12.2. The van der Waals surface area contributed by atoms with Gasteiger partial charge in [0.05, 0.1) is 23.8 Å². The third-order valence-corrected chi connectivity index (χ3v) is 4.54. The Hall–Kier alpha value is -1.65. The molecule has 3 rings (SSSR count). The predicted octanol–water partition coefficient (Wildman–Crippen LogP) is 0.657. The lowest BCUT2D eigenvalue weighted by Gasteiger charge is -2.25. The molecule has 5 heteroatoms. The van der Waals surface area contributed by atoms with Crippen molar-refractivity contribution in [1.29, 1.82) is 0 Å². The molecule has 18 heavy (non-hydrogen) atoms. The van der Waals surface area contributed by atoms with E-state index < -0.39 is 11.9 Å². The zero-order chi connectivity index (χ0) is 13.2. The summed E-state index contributed by atoms with van der Waals surface area (Å²) in [5.74, 6) is -2.13. The van der Waals surface area contributed by atoms with Crippen LogP contribution in [-0.2, 0) is 14.4 Å². The van der Waals surface area contributed by atoms with Gasteiger partial charge in [-0.05, 0) is 11.8 Å². The lowest BCUT2D eigenvalue weighted by Crippen LogP contribution is -2.42. The lowest BCUT2D eigenvalue weighted by atomic mass is 10.0. The normalized spacial score (nSPS) is 40.2. The number of hydrogen-bond acceptors (Lipinski definition) is 3. The molecule has 4 atom stereocenters. The highest BCUT2D eigenvalue weighted by molar-refractivity contribution is 6.10. The fourth-order valence-electron chi connectivity index (χ4n) is 3.35. The molecule has 1 N–H and O–H groups in total. The van der Waals surface area contributed by atoms with Gasteiger partial charge in [0.15, 0.2) is 0 Å². The number of carboxylic acid groups (broad SMARTS) is 1. The zero-order valence-electron chi connectivity index (χ0n) is 10.3. The predicted molar refractivity (Wildman–Crippen MR) is 61.3 cm³/mol. The van der Waals surface area contributed by atoms with Gasteiger partial charge in [-0.3, -0.25) is 19.3 Å². The molecule has 0 aromatic heterocycles. The number of fused-ring (bicyclic) bond motifs is 1. The molecule has 96 valence electrons. The van der Waals surface area contributed by atoms with E-state index in [2.05, 4.69) is 0 Å². The van der Waals surface area contributed by atoms with Crippen LogP contribution in [-0.4, -0.2) is 33.8 Å².